The van der Waals surface area contributed by atoms with Crippen LogP contribution >= 0.6 is 11.6 Å². The van der Waals surface area contributed by atoms with Crippen molar-refractivity contribution in [3.8, 4) is 11.3 Å². The third kappa shape index (κ3) is 2.85. The molecule has 0 amide bonds. The monoisotopic (exact) mass is 302 g/mol. The van der Waals surface area contributed by atoms with E-state index in [1.54, 1.807) is 16.6 Å². The molecule has 7 heteroatoms. The molecule has 1 N–H and O–H groups in total. The zero-order chi connectivity index (χ0) is 14.8. The molecule has 0 atom stereocenters. The largest absolute Gasteiger partial charge is 0.481 e. The first-order chi connectivity index (χ1) is 10.1. The Balaban J connectivity index is 2.02. The summed E-state index contributed by atoms with van der Waals surface area (Å²) in [6, 6.07) is 11.0. The molecule has 0 spiro atoms. The Hall–Kier alpha value is -2.47. The summed E-state index contributed by atoms with van der Waals surface area (Å²) in [5.74, 6) is -0.353. The first kappa shape index (κ1) is 13.5. The maximum atomic E-state index is 10.7. The van der Waals surface area contributed by atoms with Crippen LogP contribution in [-0.2, 0) is 11.2 Å². The van der Waals surface area contributed by atoms with Crippen molar-refractivity contribution in [3.05, 3.63) is 47.2 Å². The predicted molar refractivity (Wildman–Crippen MR) is 77.2 cm³/mol. The van der Waals surface area contributed by atoms with Crippen molar-refractivity contribution in [1.82, 2.24) is 19.8 Å². The fourth-order valence-electron chi connectivity index (χ4n) is 2.01. The number of hydrogen-bond acceptors (Lipinski definition) is 4. The van der Waals surface area contributed by atoms with Gasteiger partial charge in [0, 0.05) is 17.0 Å². The molecule has 2 heterocycles. The molecule has 6 nitrogen and oxygen atoms in total. The number of hydrogen-bond donors (Lipinski definition) is 1. The molecular weight excluding hydrogens is 292 g/mol. The van der Waals surface area contributed by atoms with Gasteiger partial charge in [0.05, 0.1) is 12.1 Å². The van der Waals surface area contributed by atoms with Crippen LogP contribution in [0.3, 0.4) is 0 Å². The highest BCUT2D eigenvalue weighted by Crippen LogP contribution is 2.21. The van der Waals surface area contributed by atoms with Gasteiger partial charge in [-0.25, -0.2) is 0 Å². The summed E-state index contributed by atoms with van der Waals surface area (Å²) in [6.07, 6.45) is 0.270. The molecular formula is C14H11ClN4O2. The standard InChI is InChI=1S/C14H11ClN4O2/c15-10-3-1-2-9(8-10)11-4-5-12-16-17-13(19(12)18-11)6-7-14(20)21/h1-5,8H,6-7H2,(H,20,21). The van der Waals surface area contributed by atoms with E-state index in [1.165, 1.54) is 0 Å². The van der Waals surface area contributed by atoms with E-state index >= 15 is 0 Å². The summed E-state index contributed by atoms with van der Waals surface area (Å²) in [5.41, 5.74) is 2.19. The quantitative estimate of drug-likeness (QED) is 0.800. The Bertz CT molecular complexity index is 816. The van der Waals surface area contributed by atoms with Crippen LogP contribution in [0.15, 0.2) is 36.4 Å². The predicted octanol–water partition coefficient (Wildman–Crippen LogP) is 2.46. The van der Waals surface area contributed by atoms with Gasteiger partial charge >= 0.3 is 5.97 Å². The number of carboxylic acid groups (broad SMARTS) is 1. The lowest BCUT2D eigenvalue weighted by molar-refractivity contribution is -0.137. The third-order valence-electron chi connectivity index (χ3n) is 3.01. The van der Waals surface area contributed by atoms with Crippen molar-refractivity contribution in [2.75, 3.05) is 0 Å². The summed E-state index contributed by atoms with van der Waals surface area (Å²) in [5, 5.41) is 21.8. The Morgan fingerprint density at radius 1 is 1.24 bits per heavy atom. The minimum atomic E-state index is -0.877. The van der Waals surface area contributed by atoms with Gasteiger partial charge in [-0.15, -0.1) is 10.2 Å². The number of fused-ring (bicyclic) bond motifs is 1. The molecule has 2 aromatic heterocycles. The van der Waals surface area contributed by atoms with Crippen molar-refractivity contribution < 1.29 is 9.90 Å². The number of aryl methyl sites for hydroxylation is 1. The topological polar surface area (TPSA) is 80.4 Å². The van der Waals surface area contributed by atoms with E-state index < -0.39 is 5.97 Å². The van der Waals surface area contributed by atoms with Gasteiger partial charge in [-0.05, 0) is 24.3 Å². The third-order valence-corrected chi connectivity index (χ3v) is 3.25. The van der Waals surface area contributed by atoms with Gasteiger partial charge in [0.25, 0.3) is 0 Å². The van der Waals surface area contributed by atoms with Gasteiger partial charge < -0.3 is 5.11 Å². The van der Waals surface area contributed by atoms with Crippen molar-refractivity contribution in [1.29, 1.82) is 0 Å². The summed E-state index contributed by atoms with van der Waals surface area (Å²) < 4.78 is 1.57. The van der Waals surface area contributed by atoms with Crippen LogP contribution in [-0.4, -0.2) is 30.9 Å². The number of rotatable bonds is 4. The number of halogens is 1. The van der Waals surface area contributed by atoms with Crippen LogP contribution in [0.2, 0.25) is 5.02 Å². The maximum Gasteiger partial charge on any atom is 0.303 e. The van der Waals surface area contributed by atoms with E-state index in [0.717, 1.165) is 11.3 Å². The number of carboxylic acids is 1. The highest BCUT2D eigenvalue weighted by molar-refractivity contribution is 6.30. The SMILES string of the molecule is O=C(O)CCc1nnc2ccc(-c3cccc(Cl)c3)nn12. The van der Waals surface area contributed by atoms with E-state index in [2.05, 4.69) is 15.3 Å². The van der Waals surface area contributed by atoms with Crippen LogP contribution in [0.1, 0.15) is 12.2 Å². The molecule has 0 aliphatic carbocycles. The molecule has 3 aromatic rings. The molecule has 3 rings (SSSR count). The highest BCUT2D eigenvalue weighted by atomic mass is 35.5. The van der Waals surface area contributed by atoms with Crippen LogP contribution in [0, 0.1) is 0 Å². The van der Waals surface area contributed by atoms with E-state index in [1.807, 2.05) is 24.3 Å². The zero-order valence-corrected chi connectivity index (χ0v) is 11.7. The summed E-state index contributed by atoms with van der Waals surface area (Å²) in [7, 11) is 0. The van der Waals surface area contributed by atoms with Gasteiger partial charge in [0.1, 0.15) is 0 Å². The fourth-order valence-corrected chi connectivity index (χ4v) is 2.20. The van der Waals surface area contributed by atoms with Gasteiger partial charge in [0.15, 0.2) is 11.5 Å². The average molecular weight is 303 g/mol. The van der Waals surface area contributed by atoms with E-state index in [9.17, 15) is 4.79 Å². The lowest BCUT2D eigenvalue weighted by Gasteiger charge is -2.03. The zero-order valence-electron chi connectivity index (χ0n) is 10.9. The van der Waals surface area contributed by atoms with Crippen molar-refractivity contribution in [2.45, 2.75) is 12.8 Å². The molecule has 0 aliphatic heterocycles. The summed E-state index contributed by atoms with van der Waals surface area (Å²) >= 11 is 5.98. The first-order valence-electron chi connectivity index (χ1n) is 6.32. The van der Waals surface area contributed by atoms with Crippen molar-refractivity contribution >= 4 is 23.2 Å². The molecule has 0 unspecified atom stereocenters. The molecule has 106 valence electrons. The highest BCUT2D eigenvalue weighted by Gasteiger charge is 2.10. The molecule has 0 aliphatic rings. The molecule has 21 heavy (non-hydrogen) atoms. The number of aromatic nitrogens is 4. The Morgan fingerprint density at radius 3 is 2.86 bits per heavy atom. The summed E-state index contributed by atoms with van der Waals surface area (Å²) in [6.45, 7) is 0. The Labute approximate surface area is 125 Å². The molecule has 0 bridgehead atoms. The first-order valence-corrected chi connectivity index (χ1v) is 6.70. The number of carbonyl (C=O) groups is 1. The smallest absolute Gasteiger partial charge is 0.303 e. The maximum absolute atomic E-state index is 10.7. The average Bonchev–Trinajstić information content (AvgIpc) is 2.87. The van der Waals surface area contributed by atoms with Crippen molar-refractivity contribution in [3.63, 3.8) is 0 Å². The number of nitrogens with zero attached hydrogens (tertiary/aromatic N) is 4. The second-order valence-corrected chi connectivity index (χ2v) is 4.95. The second-order valence-electron chi connectivity index (χ2n) is 4.51. The van der Waals surface area contributed by atoms with Crippen LogP contribution in [0.25, 0.3) is 16.9 Å². The van der Waals surface area contributed by atoms with E-state index in [-0.39, 0.29) is 12.8 Å². The minimum absolute atomic E-state index is 0.0101. The molecule has 0 saturated heterocycles. The van der Waals surface area contributed by atoms with Gasteiger partial charge in [0.2, 0.25) is 0 Å². The second kappa shape index (κ2) is 5.49. The lowest BCUT2D eigenvalue weighted by Crippen LogP contribution is -2.04. The molecule has 0 fully saturated rings. The van der Waals surface area contributed by atoms with E-state index in [0.29, 0.717) is 16.5 Å². The molecule has 0 radical (unpaired) electrons. The van der Waals surface area contributed by atoms with Gasteiger partial charge in [-0.3, -0.25) is 4.79 Å². The van der Waals surface area contributed by atoms with Gasteiger partial charge in [-0.2, -0.15) is 9.61 Å². The van der Waals surface area contributed by atoms with Gasteiger partial charge in [-0.1, -0.05) is 23.7 Å². The fraction of sp³-hybridized carbons (Fsp3) is 0.143. The summed E-state index contributed by atoms with van der Waals surface area (Å²) in [4.78, 5) is 10.7. The van der Waals surface area contributed by atoms with Crippen LogP contribution in [0.5, 0.6) is 0 Å². The minimum Gasteiger partial charge on any atom is -0.481 e. The number of aliphatic carboxylic acids is 1. The molecule has 0 saturated carbocycles. The number of benzene rings is 1. The van der Waals surface area contributed by atoms with Crippen molar-refractivity contribution in [2.24, 2.45) is 0 Å². The normalized spacial score (nSPS) is 10.9. The molecule has 1 aromatic carbocycles. The van der Waals surface area contributed by atoms with Crippen LogP contribution in [0.4, 0.5) is 0 Å². The van der Waals surface area contributed by atoms with E-state index in [4.69, 9.17) is 16.7 Å². The lowest BCUT2D eigenvalue weighted by atomic mass is 10.1. The van der Waals surface area contributed by atoms with Crippen LogP contribution < -0.4 is 0 Å². The Kier molecular flexibility index (Phi) is 3.53. The Morgan fingerprint density at radius 2 is 2.10 bits per heavy atom.